The topological polar surface area (TPSA) is 46.1 Å². The Morgan fingerprint density at radius 3 is 2.86 bits per heavy atom. The van der Waals surface area contributed by atoms with E-state index in [2.05, 4.69) is 9.97 Å². The van der Waals surface area contributed by atoms with Gasteiger partial charge in [0.1, 0.15) is 17.3 Å². The third kappa shape index (κ3) is 5.04. The van der Waals surface area contributed by atoms with Crippen LogP contribution in [0.25, 0.3) is 0 Å². The quantitative estimate of drug-likeness (QED) is 0.678. The molecule has 0 aliphatic carbocycles. The van der Waals surface area contributed by atoms with Gasteiger partial charge in [-0.05, 0) is 55.7 Å². The summed E-state index contributed by atoms with van der Waals surface area (Å²) in [6, 6.07) is 2.76. The molecule has 1 unspecified atom stereocenters. The van der Waals surface area contributed by atoms with Crippen LogP contribution in [0.4, 0.5) is 8.78 Å². The highest BCUT2D eigenvalue weighted by Gasteiger charge is 2.35. The number of hydrogen-bond acceptors (Lipinski definition) is 3. The summed E-state index contributed by atoms with van der Waals surface area (Å²) in [7, 11) is 0. The molecule has 7 heteroatoms. The van der Waals surface area contributed by atoms with Gasteiger partial charge < -0.3 is 4.90 Å². The zero-order valence-corrected chi connectivity index (χ0v) is 15.6. The van der Waals surface area contributed by atoms with Crippen molar-refractivity contribution >= 4 is 17.5 Å². The summed E-state index contributed by atoms with van der Waals surface area (Å²) in [5.74, 6) is -2.57. The number of hydrogen-bond donors (Lipinski definition) is 0. The predicted octanol–water partition coefficient (Wildman–Crippen LogP) is 4.80. The Labute approximate surface area is 183 Å². The fourth-order valence-electron chi connectivity index (χ4n) is 2.39. The molecule has 1 saturated heterocycles. The number of nitrogens with zero attached hydrogens (tertiary/aromatic N) is 3. The monoisotopic (exact) mass is 417 g/mol. The molecule has 2 aromatic rings. The smallest absolute Gasteiger partial charge is 0.253 e. The van der Waals surface area contributed by atoms with Crippen molar-refractivity contribution in [2.24, 2.45) is 0 Å². The van der Waals surface area contributed by atoms with Gasteiger partial charge >= 0.3 is 0 Å². The number of rotatable bonds is 6. The molecule has 0 spiro atoms. The average Bonchev–Trinajstić information content (AvgIpc) is 2.76. The molecule has 2 heterocycles. The first-order valence-electron chi connectivity index (χ1n) is 13.3. The van der Waals surface area contributed by atoms with Crippen molar-refractivity contribution < 1.29 is 27.3 Å². The minimum absolute atomic E-state index is 0.0195. The molecule has 3 rings (SSSR count). The second-order valence-electron chi connectivity index (χ2n) is 5.91. The molecule has 0 N–H and O–H groups in total. The van der Waals surface area contributed by atoms with Crippen LogP contribution in [-0.2, 0) is 12.7 Å². The maximum Gasteiger partial charge on any atom is 0.253 e. The molecule has 1 aromatic carbocycles. The van der Waals surface area contributed by atoms with E-state index in [-0.39, 0.29) is 11.1 Å². The predicted molar refractivity (Wildman–Crippen MR) is 105 cm³/mol. The van der Waals surface area contributed by atoms with E-state index in [0.717, 1.165) is 30.6 Å². The maximum atomic E-state index is 16.4. The number of carbonyl (C=O) groups is 1. The number of halogens is 3. The van der Waals surface area contributed by atoms with Gasteiger partial charge in [-0.3, -0.25) is 4.79 Å². The highest BCUT2D eigenvalue weighted by molar-refractivity contribution is 6.31. The molecule has 0 saturated carbocycles. The van der Waals surface area contributed by atoms with E-state index in [1.165, 1.54) is 6.92 Å². The van der Waals surface area contributed by atoms with E-state index in [9.17, 15) is 9.18 Å². The summed E-state index contributed by atoms with van der Waals surface area (Å²) in [5.41, 5.74) is -3.89. The van der Waals surface area contributed by atoms with Gasteiger partial charge in [0, 0.05) is 51.1 Å². The number of aromatic nitrogens is 2. The van der Waals surface area contributed by atoms with Gasteiger partial charge in [0.15, 0.2) is 0 Å². The summed E-state index contributed by atoms with van der Waals surface area (Å²) < 4.78 is 112. The molecular formula is C21H24ClF2N3O. The number of carbonyl (C=O) groups excluding carboxylic acids is 1. The van der Waals surface area contributed by atoms with Crippen molar-refractivity contribution in [3.8, 4) is 0 Å². The van der Waals surface area contributed by atoms with Crippen LogP contribution in [-0.4, -0.2) is 39.5 Å². The Balaban J connectivity index is 1.92. The summed E-state index contributed by atoms with van der Waals surface area (Å²) in [5, 5.41) is -0.444. The van der Waals surface area contributed by atoms with Crippen LogP contribution in [0.5, 0.6) is 0 Å². The molecule has 28 heavy (non-hydrogen) atoms. The molecule has 150 valence electrons. The molecule has 1 fully saturated rings. The van der Waals surface area contributed by atoms with Gasteiger partial charge in [0.2, 0.25) is 0 Å². The number of aryl methyl sites for hydroxylation is 2. The summed E-state index contributed by atoms with van der Waals surface area (Å²) in [6.07, 6.45) is -11.9. The second kappa shape index (κ2) is 8.95. The van der Waals surface area contributed by atoms with Crippen molar-refractivity contribution in [3.63, 3.8) is 0 Å². The Hall–Kier alpha value is -2.08. The van der Waals surface area contributed by atoms with Crippen LogP contribution < -0.4 is 0 Å². The van der Waals surface area contributed by atoms with E-state index in [1.807, 2.05) is 0 Å². The maximum absolute atomic E-state index is 16.4. The molecule has 4 nitrogen and oxygen atoms in total. The minimum Gasteiger partial charge on any atom is -0.338 e. The van der Waals surface area contributed by atoms with Gasteiger partial charge in [-0.25, -0.2) is 18.7 Å². The highest BCUT2D eigenvalue weighted by Crippen LogP contribution is 2.32. The highest BCUT2D eigenvalue weighted by atomic mass is 35.5. The number of amides is 1. The van der Waals surface area contributed by atoms with Crippen LogP contribution in [0, 0.1) is 5.82 Å². The molecule has 1 amide bonds. The van der Waals surface area contributed by atoms with Gasteiger partial charge in [0.25, 0.3) is 5.91 Å². The van der Waals surface area contributed by atoms with Crippen LogP contribution in [0.2, 0.25) is 5.02 Å². The molecule has 0 radical (unpaired) electrons. The van der Waals surface area contributed by atoms with Gasteiger partial charge in [0.05, 0.1) is 5.02 Å². The Kier molecular flexibility index (Phi) is 3.58. The zero-order chi connectivity index (χ0) is 29.1. The standard InChI is InChI=1S/C21H24ClF2N3O/c1-2-15-13-25-19(26-14-15)4-3-7-21(24)8-10-27(11-9-21)20(28)16-5-6-18(23)17(22)12-16/h5-6,12-14H,2-4,7-11H2,1H3/i2D2,4D2,7D2,8D2,11D2. The first-order chi connectivity index (χ1) is 17.0. The van der Waals surface area contributed by atoms with Crippen LogP contribution in [0.15, 0.2) is 30.6 Å². The SMILES string of the molecule is [2H]C([2H])(C)c1cnc(C([2H])([2H])CC([2H])([2H])C2(F)CC([2H])([2H])N(C(=O)c3ccc(F)c(Cl)c3)CC2([2H])[2H])nc1. The van der Waals surface area contributed by atoms with Gasteiger partial charge in [-0.2, -0.15) is 0 Å². The third-order valence-electron chi connectivity index (χ3n) is 4.00. The first-order valence-corrected chi connectivity index (χ1v) is 8.71. The minimum atomic E-state index is -3.62. The van der Waals surface area contributed by atoms with Gasteiger partial charge in [-0.1, -0.05) is 18.5 Å². The van der Waals surface area contributed by atoms with E-state index < -0.39 is 79.6 Å². The first kappa shape index (κ1) is 11.2. The molecule has 1 atom stereocenters. The fourth-order valence-corrected chi connectivity index (χ4v) is 2.57. The lowest BCUT2D eigenvalue weighted by Crippen LogP contribution is -2.44. The van der Waals surface area contributed by atoms with Crippen molar-refractivity contribution in [1.29, 1.82) is 0 Å². The van der Waals surface area contributed by atoms with Crippen molar-refractivity contribution in [2.45, 2.75) is 50.9 Å². The summed E-state index contributed by atoms with van der Waals surface area (Å²) in [6.45, 7) is -2.93. The normalized spacial score (nSPS) is 30.1. The van der Waals surface area contributed by atoms with Crippen LogP contribution >= 0.6 is 11.6 Å². The van der Waals surface area contributed by atoms with Gasteiger partial charge in [-0.15, -0.1) is 0 Å². The number of alkyl halides is 1. The third-order valence-corrected chi connectivity index (χ3v) is 4.29. The van der Waals surface area contributed by atoms with E-state index >= 15 is 4.39 Å². The summed E-state index contributed by atoms with van der Waals surface area (Å²) in [4.78, 5) is 20.8. The molecule has 1 aliphatic heterocycles. The van der Waals surface area contributed by atoms with E-state index in [4.69, 9.17) is 25.3 Å². The van der Waals surface area contributed by atoms with Crippen molar-refractivity contribution in [3.05, 3.63) is 58.4 Å². The van der Waals surface area contributed by atoms with E-state index in [1.54, 1.807) is 0 Å². The number of likely N-dealkylation sites (tertiary alicyclic amines) is 1. The number of piperidine rings is 1. The Morgan fingerprint density at radius 1 is 1.43 bits per heavy atom. The zero-order valence-electron chi connectivity index (χ0n) is 24.9. The molecule has 1 aliphatic rings. The number of benzene rings is 1. The fraction of sp³-hybridized carbons (Fsp3) is 0.476. The second-order valence-corrected chi connectivity index (χ2v) is 6.32. The van der Waals surface area contributed by atoms with Crippen molar-refractivity contribution in [1.82, 2.24) is 14.9 Å². The molecular weight excluding hydrogens is 384 g/mol. The largest absolute Gasteiger partial charge is 0.338 e. The molecule has 0 bridgehead atoms. The lowest BCUT2D eigenvalue weighted by Gasteiger charge is -2.36. The van der Waals surface area contributed by atoms with Crippen molar-refractivity contribution in [2.75, 3.05) is 13.0 Å². The molecule has 1 aromatic heterocycles. The lowest BCUT2D eigenvalue weighted by molar-refractivity contribution is 0.0389. The van der Waals surface area contributed by atoms with Crippen LogP contribution in [0.3, 0.4) is 0 Å². The Morgan fingerprint density at radius 2 is 2.18 bits per heavy atom. The Bertz CT molecular complexity index is 1230. The van der Waals surface area contributed by atoms with E-state index in [0.29, 0.717) is 4.90 Å². The van der Waals surface area contributed by atoms with Crippen LogP contribution in [0.1, 0.15) is 68.0 Å². The lowest BCUT2D eigenvalue weighted by atomic mass is 9.88. The summed E-state index contributed by atoms with van der Waals surface area (Å²) >= 11 is 5.68. The average molecular weight is 418 g/mol.